The molecule has 5 nitrogen and oxygen atoms in total. The lowest BCUT2D eigenvalue weighted by atomic mass is 10.1. The lowest BCUT2D eigenvalue weighted by Crippen LogP contribution is -2.15. The lowest BCUT2D eigenvalue weighted by molar-refractivity contribution is 0.101. The quantitative estimate of drug-likeness (QED) is 0.882. The Morgan fingerprint density at radius 2 is 2.21 bits per heavy atom. The van der Waals surface area contributed by atoms with Crippen LogP contribution in [-0.4, -0.2) is 21.1 Å². The summed E-state index contributed by atoms with van der Waals surface area (Å²) in [6.07, 6.45) is 3.14. The number of nitrogens with zero attached hydrogens (tertiary/aromatic N) is 2. The van der Waals surface area contributed by atoms with Crippen LogP contribution in [0.5, 0.6) is 0 Å². The fraction of sp³-hybridized carbons (Fsp3) is 0.357. The van der Waals surface area contributed by atoms with Crippen molar-refractivity contribution in [2.75, 3.05) is 5.32 Å². The summed E-state index contributed by atoms with van der Waals surface area (Å²) in [6, 6.07) is 7.77. The van der Waals surface area contributed by atoms with E-state index in [-0.39, 0.29) is 11.7 Å². The van der Waals surface area contributed by atoms with Crippen LogP contribution in [0.4, 0.5) is 5.69 Å². The first-order chi connectivity index (χ1) is 9.28. The summed E-state index contributed by atoms with van der Waals surface area (Å²) >= 11 is 0. The number of hydrogen-bond acceptors (Lipinski definition) is 3. The van der Waals surface area contributed by atoms with Crippen LogP contribution < -0.4 is 5.32 Å². The molecule has 1 aliphatic rings. The second-order valence-corrected chi connectivity index (χ2v) is 4.78. The summed E-state index contributed by atoms with van der Waals surface area (Å²) in [7, 11) is 0. The van der Waals surface area contributed by atoms with Crippen molar-refractivity contribution >= 4 is 11.6 Å². The molecule has 1 heterocycles. The van der Waals surface area contributed by atoms with Gasteiger partial charge in [0.25, 0.3) is 5.91 Å². The number of anilines is 1. The van der Waals surface area contributed by atoms with Crippen molar-refractivity contribution < 1.29 is 4.79 Å². The van der Waals surface area contributed by atoms with Gasteiger partial charge >= 0.3 is 0 Å². The molecule has 3 rings (SSSR count). The van der Waals surface area contributed by atoms with E-state index in [0.29, 0.717) is 5.92 Å². The van der Waals surface area contributed by atoms with Gasteiger partial charge in [-0.3, -0.25) is 9.89 Å². The molecule has 0 saturated heterocycles. The molecule has 1 saturated carbocycles. The average Bonchev–Trinajstić information content (AvgIpc) is 3.17. The number of aromatic nitrogens is 3. The van der Waals surface area contributed by atoms with Gasteiger partial charge in [0.2, 0.25) is 5.82 Å². The van der Waals surface area contributed by atoms with Crippen LogP contribution in [0.15, 0.2) is 24.3 Å². The third-order valence-electron chi connectivity index (χ3n) is 3.32. The van der Waals surface area contributed by atoms with E-state index in [1.165, 1.54) is 0 Å². The Kier molecular flexibility index (Phi) is 3.03. The van der Waals surface area contributed by atoms with Gasteiger partial charge in [0, 0.05) is 11.6 Å². The fourth-order valence-corrected chi connectivity index (χ4v) is 2.04. The Labute approximate surface area is 111 Å². The van der Waals surface area contributed by atoms with E-state index in [1.807, 2.05) is 24.3 Å². The molecule has 0 unspecified atom stereocenters. The average molecular weight is 256 g/mol. The van der Waals surface area contributed by atoms with Crippen LogP contribution in [-0.2, 0) is 6.42 Å². The highest BCUT2D eigenvalue weighted by molar-refractivity contribution is 6.01. The maximum atomic E-state index is 12.1. The minimum absolute atomic E-state index is 0.216. The van der Waals surface area contributed by atoms with E-state index in [1.54, 1.807) is 0 Å². The van der Waals surface area contributed by atoms with E-state index in [9.17, 15) is 4.79 Å². The molecule has 19 heavy (non-hydrogen) atoms. The van der Waals surface area contributed by atoms with Crippen LogP contribution in [0.25, 0.3) is 0 Å². The van der Waals surface area contributed by atoms with Crippen molar-refractivity contribution in [2.24, 2.45) is 0 Å². The highest BCUT2D eigenvalue weighted by atomic mass is 16.2. The van der Waals surface area contributed by atoms with Gasteiger partial charge in [0.05, 0.1) is 0 Å². The fourth-order valence-electron chi connectivity index (χ4n) is 2.04. The van der Waals surface area contributed by atoms with Crippen molar-refractivity contribution in [3.05, 3.63) is 41.5 Å². The molecule has 1 aromatic heterocycles. The first kappa shape index (κ1) is 11.9. The predicted octanol–water partition coefficient (Wildman–Crippen LogP) is 2.50. The van der Waals surface area contributed by atoms with E-state index >= 15 is 0 Å². The van der Waals surface area contributed by atoms with Crippen LogP contribution in [0.1, 0.15) is 47.7 Å². The molecule has 0 aliphatic heterocycles. The van der Waals surface area contributed by atoms with Crippen LogP contribution in [0.3, 0.4) is 0 Å². The van der Waals surface area contributed by atoms with Crippen molar-refractivity contribution in [2.45, 2.75) is 32.1 Å². The van der Waals surface area contributed by atoms with Gasteiger partial charge in [-0.15, -0.1) is 5.10 Å². The molecule has 0 atom stereocenters. The standard InChI is InChI=1S/C14H16N4O/c1-2-9-5-3-4-6-11(9)15-14(19)13-16-12(17-18-13)10-7-8-10/h3-6,10H,2,7-8H2,1H3,(H,15,19)(H,16,17,18). The monoisotopic (exact) mass is 256 g/mol. The van der Waals surface area contributed by atoms with E-state index in [0.717, 1.165) is 36.3 Å². The number of para-hydroxylation sites is 1. The van der Waals surface area contributed by atoms with Gasteiger partial charge in [-0.05, 0) is 30.9 Å². The predicted molar refractivity (Wildman–Crippen MR) is 72.1 cm³/mol. The minimum atomic E-state index is -0.260. The zero-order chi connectivity index (χ0) is 13.2. The van der Waals surface area contributed by atoms with Crippen LogP contribution in [0.2, 0.25) is 0 Å². The number of benzene rings is 1. The van der Waals surface area contributed by atoms with Gasteiger partial charge in [0.1, 0.15) is 5.82 Å². The second-order valence-electron chi connectivity index (χ2n) is 4.78. The molecule has 1 amide bonds. The molecule has 5 heteroatoms. The molecule has 2 aromatic rings. The molecule has 1 fully saturated rings. The van der Waals surface area contributed by atoms with Crippen LogP contribution >= 0.6 is 0 Å². The van der Waals surface area contributed by atoms with E-state index in [4.69, 9.17) is 0 Å². The van der Waals surface area contributed by atoms with Crippen molar-refractivity contribution in [3.63, 3.8) is 0 Å². The van der Waals surface area contributed by atoms with Gasteiger partial charge in [0.15, 0.2) is 0 Å². The zero-order valence-corrected chi connectivity index (χ0v) is 10.8. The summed E-state index contributed by atoms with van der Waals surface area (Å²) in [5.74, 6) is 1.25. The number of amides is 1. The number of carbonyl (C=O) groups is 1. The van der Waals surface area contributed by atoms with Gasteiger partial charge in [-0.1, -0.05) is 25.1 Å². The number of hydrogen-bond donors (Lipinski definition) is 2. The molecule has 1 aliphatic carbocycles. The third kappa shape index (κ3) is 2.50. The third-order valence-corrected chi connectivity index (χ3v) is 3.32. The Morgan fingerprint density at radius 3 is 2.95 bits per heavy atom. The Balaban J connectivity index is 1.76. The lowest BCUT2D eigenvalue weighted by Gasteiger charge is -2.07. The molecule has 0 radical (unpaired) electrons. The Hall–Kier alpha value is -2.17. The van der Waals surface area contributed by atoms with Gasteiger partial charge in [-0.25, -0.2) is 4.98 Å². The SMILES string of the molecule is CCc1ccccc1NC(=O)c1n[nH]c(C2CC2)n1. The van der Waals surface area contributed by atoms with E-state index in [2.05, 4.69) is 27.4 Å². The van der Waals surface area contributed by atoms with E-state index < -0.39 is 0 Å². The first-order valence-electron chi connectivity index (χ1n) is 6.59. The zero-order valence-electron chi connectivity index (χ0n) is 10.8. The molecule has 2 N–H and O–H groups in total. The Morgan fingerprint density at radius 1 is 1.42 bits per heavy atom. The van der Waals surface area contributed by atoms with Crippen molar-refractivity contribution in [3.8, 4) is 0 Å². The molecule has 1 aromatic carbocycles. The summed E-state index contributed by atoms with van der Waals surface area (Å²) in [5.41, 5.74) is 1.93. The largest absolute Gasteiger partial charge is 0.319 e. The highest BCUT2D eigenvalue weighted by Crippen LogP contribution is 2.37. The summed E-state index contributed by atoms with van der Waals surface area (Å²) in [5, 5.41) is 9.69. The normalized spacial score (nSPS) is 14.4. The highest BCUT2D eigenvalue weighted by Gasteiger charge is 2.28. The maximum Gasteiger partial charge on any atom is 0.295 e. The number of rotatable bonds is 4. The second kappa shape index (κ2) is 4.84. The Bertz CT molecular complexity index is 601. The summed E-state index contributed by atoms with van der Waals surface area (Å²) in [4.78, 5) is 16.3. The molecular formula is C14H16N4O. The maximum absolute atomic E-state index is 12.1. The summed E-state index contributed by atoms with van der Waals surface area (Å²) in [6.45, 7) is 2.06. The van der Waals surface area contributed by atoms with Gasteiger partial charge < -0.3 is 5.32 Å². The molecular weight excluding hydrogens is 240 g/mol. The van der Waals surface area contributed by atoms with Crippen LogP contribution in [0, 0.1) is 0 Å². The summed E-state index contributed by atoms with van der Waals surface area (Å²) < 4.78 is 0. The first-order valence-corrected chi connectivity index (χ1v) is 6.59. The topological polar surface area (TPSA) is 70.7 Å². The minimum Gasteiger partial charge on any atom is -0.319 e. The number of aromatic amines is 1. The molecule has 0 spiro atoms. The van der Waals surface area contributed by atoms with Crippen molar-refractivity contribution in [1.29, 1.82) is 0 Å². The molecule has 98 valence electrons. The number of H-pyrrole nitrogens is 1. The van der Waals surface area contributed by atoms with Gasteiger partial charge in [-0.2, -0.15) is 0 Å². The number of aryl methyl sites for hydroxylation is 1. The number of carbonyl (C=O) groups excluding carboxylic acids is 1. The molecule has 0 bridgehead atoms. The smallest absolute Gasteiger partial charge is 0.295 e. The van der Waals surface area contributed by atoms with Crippen molar-refractivity contribution in [1.82, 2.24) is 15.2 Å². The number of nitrogens with one attached hydrogen (secondary N) is 2.